The van der Waals surface area contributed by atoms with Crippen LogP contribution in [0, 0.1) is 0 Å². The second kappa shape index (κ2) is 3.64. The van der Waals surface area contributed by atoms with E-state index >= 15 is 0 Å². The van der Waals surface area contributed by atoms with Crippen LogP contribution in [0.2, 0.25) is 0 Å². The van der Waals surface area contributed by atoms with Crippen LogP contribution in [0.15, 0.2) is 18.2 Å². The second-order valence-corrected chi connectivity index (χ2v) is 3.43. The average Bonchev–Trinajstić information content (AvgIpc) is 2.39. The quantitative estimate of drug-likeness (QED) is 0.696. The van der Waals surface area contributed by atoms with Gasteiger partial charge in [0.05, 0.1) is 16.9 Å². The summed E-state index contributed by atoms with van der Waals surface area (Å²) < 4.78 is 37.9. The van der Waals surface area contributed by atoms with Crippen molar-refractivity contribution in [1.82, 2.24) is 0 Å². The van der Waals surface area contributed by atoms with Gasteiger partial charge < -0.3 is 10.6 Å². The summed E-state index contributed by atoms with van der Waals surface area (Å²) in [5, 5.41) is 5.79. The van der Waals surface area contributed by atoms with Crippen molar-refractivity contribution >= 4 is 11.4 Å². The number of nitrogens with one attached hydrogen (secondary N) is 2. The smallest absolute Gasteiger partial charge is 0.383 e. The van der Waals surface area contributed by atoms with E-state index in [1.54, 1.807) is 6.07 Å². The predicted molar refractivity (Wildman–Crippen MR) is 53.0 cm³/mol. The van der Waals surface area contributed by atoms with Gasteiger partial charge in [0.25, 0.3) is 0 Å². The van der Waals surface area contributed by atoms with Crippen LogP contribution < -0.4 is 10.6 Å². The first kappa shape index (κ1) is 10.1. The minimum absolute atomic E-state index is 0.169. The third-order valence-corrected chi connectivity index (χ3v) is 2.34. The SMILES string of the molecule is FC(F)(F)c1cccc2c1NCCCN2. The molecule has 82 valence electrons. The predicted octanol–water partition coefficient (Wildman–Crippen LogP) is 2.93. The molecule has 0 aromatic heterocycles. The molecular weight excluding hydrogens is 205 g/mol. The number of para-hydroxylation sites is 1. The van der Waals surface area contributed by atoms with Gasteiger partial charge in [0.1, 0.15) is 0 Å². The normalized spacial score (nSPS) is 15.9. The molecule has 0 amide bonds. The molecule has 0 fully saturated rings. The third kappa shape index (κ3) is 2.00. The van der Waals surface area contributed by atoms with Crippen molar-refractivity contribution in [3.8, 4) is 0 Å². The van der Waals surface area contributed by atoms with Gasteiger partial charge in [-0.05, 0) is 18.6 Å². The van der Waals surface area contributed by atoms with Crippen LogP contribution in [-0.4, -0.2) is 13.1 Å². The summed E-state index contributed by atoms with van der Waals surface area (Å²) in [5.74, 6) is 0. The summed E-state index contributed by atoms with van der Waals surface area (Å²) >= 11 is 0. The standard InChI is InChI=1S/C10H11F3N2/c11-10(12,13)7-3-1-4-8-9(7)15-6-2-5-14-8/h1,3-4,14-15H,2,5-6H2. The van der Waals surface area contributed by atoms with Crippen molar-refractivity contribution in [2.75, 3.05) is 23.7 Å². The molecule has 0 bridgehead atoms. The highest BCUT2D eigenvalue weighted by molar-refractivity contribution is 5.73. The molecule has 0 unspecified atom stereocenters. The van der Waals surface area contributed by atoms with Crippen molar-refractivity contribution in [1.29, 1.82) is 0 Å². The Hall–Kier alpha value is -1.39. The molecule has 2 rings (SSSR count). The number of alkyl halides is 3. The molecule has 1 aromatic carbocycles. The van der Waals surface area contributed by atoms with Crippen LogP contribution in [-0.2, 0) is 6.18 Å². The number of fused-ring (bicyclic) bond motifs is 1. The molecule has 2 N–H and O–H groups in total. The van der Waals surface area contributed by atoms with E-state index in [1.807, 2.05) is 0 Å². The summed E-state index contributed by atoms with van der Waals surface area (Å²) in [6.45, 7) is 1.26. The second-order valence-electron chi connectivity index (χ2n) is 3.43. The number of hydrogen-bond acceptors (Lipinski definition) is 2. The summed E-state index contributed by atoms with van der Waals surface area (Å²) in [6.07, 6.45) is -3.49. The number of halogens is 3. The van der Waals surface area contributed by atoms with Crippen molar-refractivity contribution in [2.45, 2.75) is 12.6 Å². The van der Waals surface area contributed by atoms with Crippen LogP contribution in [0.1, 0.15) is 12.0 Å². The van der Waals surface area contributed by atoms with Crippen molar-refractivity contribution in [2.24, 2.45) is 0 Å². The maximum atomic E-state index is 12.6. The highest BCUT2D eigenvalue weighted by Crippen LogP contribution is 2.39. The van der Waals surface area contributed by atoms with Crippen LogP contribution in [0.25, 0.3) is 0 Å². The van der Waals surface area contributed by atoms with Gasteiger partial charge >= 0.3 is 6.18 Å². The van der Waals surface area contributed by atoms with E-state index in [4.69, 9.17) is 0 Å². The topological polar surface area (TPSA) is 24.1 Å². The van der Waals surface area contributed by atoms with Gasteiger partial charge in [0.2, 0.25) is 0 Å². The van der Waals surface area contributed by atoms with Gasteiger partial charge in [-0.1, -0.05) is 6.07 Å². The van der Waals surface area contributed by atoms with Gasteiger partial charge in [-0.2, -0.15) is 13.2 Å². The first-order valence-corrected chi connectivity index (χ1v) is 4.77. The van der Waals surface area contributed by atoms with E-state index < -0.39 is 11.7 Å². The minimum atomic E-state index is -4.30. The van der Waals surface area contributed by atoms with E-state index in [0.717, 1.165) is 12.5 Å². The molecule has 1 aliphatic heterocycles. The molecule has 5 heteroatoms. The Morgan fingerprint density at radius 2 is 1.80 bits per heavy atom. The Morgan fingerprint density at radius 3 is 2.53 bits per heavy atom. The minimum Gasteiger partial charge on any atom is -0.383 e. The Morgan fingerprint density at radius 1 is 1.07 bits per heavy atom. The molecule has 0 radical (unpaired) electrons. The molecular formula is C10H11F3N2. The monoisotopic (exact) mass is 216 g/mol. The lowest BCUT2D eigenvalue weighted by atomic mass is 10.1. The molecule has 1 aromatic rings. The van der Waals surface area contributed by atoms with E-state index in [2.05, 4.69) is 10.6 Å². The fraction of sp³-hybridized carbons (Fsp3) is 0.400. The zero-order valence-electron chi connectivity index (χ0n) is 7.99. The van der Waals surface area contributed by atoms with Gasteiger partial charge in [-0.3, -0.25) is 0 Å². The first-order chi connectivity index (χ1) is 7.09. The molecule has 0 aliphatic carbocycles. The zero-order valence-corrected chi connectivity index (χ0v) is 7.99. The van der Waals surface area contributed by atoms with Crippen LogP contribution in [0.4, 0.5) is 24.5 Å². The van der Waals surface area contributed by atoms with Crippen LogP contribution in [0.5, 0.6) is 0 Å². The summed E-state index contributed by atoms with van der Waals surface area (Å²) in [4.78, 5) is 0. The molecule has 0 atom stereocenters. The largest absolute Gasteiger partial charge is 0.418 e. The highest BCUT2D eigenvalue weighted by Gasteiger charge is 2.34. The molecule has 2 nitrogen and oxygen atoms in total. The summed E-state index contributed by atoms with van der Waals surface area (Å²) in [7, 11) is 0. The lowest BCUT2D eigenvalue weighted by Gasteiger charge is -2.15. The van der Waals surface area contributed by atoms with Crippen molar-refractivity contribution in [3.63, 3.8) is 0 Å². The Balaban J connectivity index is 2.48. The van der Waals surface area contributed by atoms with Crippen molar-refractivity contribution in [3.05, 3.63) is 23.8 Å². The van der Waals surface area contributed by atoms with Gasteiger partial charge in [0.15, 0.2) is 0 Å². The maximum absolute atomic E-state index is 12.6. The maximum Gasteiger partial charge on any atom is 0.418 e. The Bertz CT molecular complexity index is 360. The highest BCUT2D eigenvalue weighted by atomic mass is 19.4. The number of hydrogen-bond donors (Lipinski definition) is 2. The first-order valence-electron chi connectivity index (χ1n) is 4.77. The third-order valence-electron chi connectivity index (χ3n) is 2.34. The van der Waals surface area contributed by atoms with Crippen LogP contribution >= 0.6 is 0 Å². The number of anilines is 2. The Labute approximate surface area is 85.5 Å². The molecule has 15 heavy (non-hydrogen) atoms. The van der Waals surface area contributed by atoms with E-state index in [1.165, 1.54) is 6.07 Å². The number of rotatable bonds is 0. The lowest BCUT2D eigenvalue weighted by Crippen LogP contribution is -2.11. The summed E-state index contributed by atoms with van der Waals surface area (Å²) in [5.41, 5.74) is 0.0965. The van der Waals surface area contributed by atoms with Crippen LogP contribution in [0.3, 0.4) is 0 Å². The van der Waals surface area contributed by atoms with Gasteiger partial charge in [-0.25, -0.2) is 0 Å². The summed E-state index contributed by atoms with van der Waals surface area (Å²) in [6, 6.07) is 4.17. The molecule has 0 saturated heterocycles. The van der Waals surface area contributed by atoms with Gasteiger partial charge in [-0.15, -0.1) is 0 Å². The van der Waals surface area contributed by atoms with Crippen molar-refractivity contribution < 1.29 is 13.2 Å². The molecule has 0 saturated carbocycles. The Kier molecular flexibility index (Phi) is 2.46. The fourth-order valence-electron chi connectivity index (χ4n) is 1.65. The van der Waals surface area contributed by atoms with E-state index in [9.17, 15) is 13.2 Å². The molecule has 1 aliphatic rings. The van der Waals surface area contributed by atoms with E-state index in [-0.39, 0.29) is 5.69 Å². The fourth-order valence-corrected chi connectivity index (χ4v) is 1.65. The average molecular weight is 216 g/mol. The van der Waals surface area contributed by atoms with E-state index in [0.29, 0.717) is 18.8 Å². The molecule has 0 spiro atoms. The molecule has 1 heterocycles. The number of benzene rings is 1. The zero-order chi connectivity index (χ0) is 10.9. The lowest BCUT2D eigenvalue weighted by molar-refractivity contribution is -0.136. The van der Waals surface area contributed by atoms with Gasteiger partial charge in [0, 0.05) is 13.1 Å².